The Kier molecular flexibility index (Phi) is 6.55. The van der Waals surface area contributed by atoms with Gasteiger partial charge in [0.2, 0.25) is 0 Å². The molecule has 0 aliphatic rings. The summed E-state index contributed by atoms with van der Waals surface area (Å²) in [5.74, 6) is 0.417. The van der Waals surface area contributed by atoms with Gasteiger partial charge in [0.15, 0.2) is 0 Å². The molecule has 138 valence electrons. The Morgan fingerprint density at radius 1 is 1.11 bits per heavy atom. The van der Waals surface area contributed by atoms with Crippen molar-refractivity contribution in [3.63, 3.8) is 0 Å². The van der Waals surface area contributed by atoms with Crippen LogP contribution in [0.4, 0.5) is 0 Å². The van der Waals surface area contributed by atoms with Gasteiger partial charge in [0.25, 0.3) is 5.91 Å². The number of carbonyl (C=O) groups is 1. The van der Waals surface area contributed by atoms with Gasteiger partial charge in [-0.3, -0.25) is 4.79 Å². The van der Waals surface area contributed by atoms with E-state index < -0.39 is 0 Å². The van der Waals surface area contributed by atoms with Crippen LogP contribution in [0.25, 0.3) is 0 Å². The van der Waals surface area contributed by atoms with Crippen LogP contribution in [0.2, 0.25) is 0 Å². The molecule has 0 spiro atoms. The van der Waals surface area contributed by atoms with Crippen molar-refractivity contribution >= 4 is 28.1 Å². The minimum Gasteiger partial charge on any atom is -0.489 e. The third-order valence-corrected chi connectivity index (χ3v) is 4.53. The number of carbonyl (C=O) groups excluding carboxylic acids is 1. The molecule has 6 heteroatoms. The lowest BCUT2D eigenvalue weighted by Gasteiger charge is -2.07. The number of nitriles is 1. The predicted molar refractivity (Wildman–Crippen MR) is 111 cm³/mol. The fourth-order valence-corrected chi connectivity index (χ4v) is 2.88. The summed E-state index contributed by atoms with van der Waals surface area (Å²) in [4.78, 5) is 12.1. The second kappa shape index (κ2) is 9.49. The van der Waals surface area contributed by atoms with Gasteiger partial charge in [0.05, 0.1) is 23.4 Å². The minimum atomic E-state index is -0.289. The van der Waals surface area contributed by atoms with Crippen LogP contribution in [-0.2, 0) is 6.61 Å². The summed E-state index contributed by atoms with van der Waals surface area (Å²) in [5.41, 5.74) is 5.38. The summed E-state index contributed by atoms with van der Waals surface area (Å²) in [6.45, 7) is 0.380. The standard InChI is InChI=1S/C22H16BrN3O2/c23-21-7-2-1-6-20(21)22(27)26-25-14-16-8-10-19(11-9-16)28-15-18-5-3-4-17(12-18)13-24/h1-12,14H,15H2,(H,26,27)/b25-14+. The summed E-state index contributed by atoms with van der Waals surface area (Å²) in [6.07, 6.45) is 1.56. The van der Waals surface area contributed by atoms with Crippen LogP contribution in [0, 0.1) is 11.3 Å². The Morgan fingerprint density at radius 2 is 1.89 bits per heavy atom. The highest BCUT2D eigenvalue weighted by molar-refractivity contribution is 9.10. The minimum absolute atomic E-state index is 0.289. The molecular weight excluding hydrogens is 418 g/mol. The number of benzene rings is 3. The van der Waals surface area contributed by atoms with E-state index in [1.54, 1.807) is 36.5 Å². The fraction of sp³-hybridized carbons (Fsp3) is 0.0455. The third-order valence-electron chi connectivity index (χ3n) is 3.84. The Hall–Kier alpha value is -3.43. The molecule has 0 aliphatic heterocycles. The third kappa shape index (κ3) is 5.29. The van der Waals surface area contributed by atoms with Gasteiger partial charge in [-0.05, 0) is 75.6 Å². The van der Waals surface area contributed by atoms with Crippen LogP contribution in [0.15, 0.2) is 82.4 Å². The topological polar surface area (TPSA) is 74.5 Å². The van der Waals surface area contributed by atoms with Crippen LogP contribution in [0.1, 0.15) is 27.0 Å². The van der Waals surface area contributed by atoms with Gasteiger partial charge < -0.3 is 4.74 Å². The molecule has 0 fully saturated rings. The molecular formula is C22H16BrN3O2. The van der Waals surface area contributed by atoms with Gasteiger partial charge in [-0.25, -0.2) is 5.43 Å². The molecule has 0 saturated carbocycles. The lowest BCUT2D eigenvalue weighted by atomic mass is 10.1. The fourth-order valence-electron chi connectivity index (χ4n) is 2.42. The van der Waals surface area contributed by atoms with Crippen molar-refractivity contribution in [2.24, 2.45) is 5.10 Å². The number of nitrogens with zero attached hydrogens (tertiary/aromatic N) is 2. The van der Waals surface area contributed by atoms with Crippen molar-refractivity contribution in [3.05, 3.63) is 99.5 Å². The number of halogens is 1. The Balaban J connectivity index is 1.54. The van der Waals surface area contributed by atoms with E-state index >= 15 is 0 Å². The van der Waals surface area contributed by atoms with E-state index in [1.807, 2.05) is 42.5 Å². The lowest BCUT2D eigenvalue weighted by molar-refractivity contribution is 0.0954. The van der Waals surface area contributed by atoms with Gasteiger partial charge in [0, 0.05) is 4.47 Å². The number of ether oxygens (including phenoxy) is 1. The van der Waals surface area contributed by atoms with E-state index in [0.717, 1.165) is 11.1 Å². The number of nitrogens with one attached hydrogen (secondary N) is 1. The first kappa shape index (κ1) is 19.3. The van der Waals surface area contributed by atoms with E-state index in [2.05, 4.69) is 32.5 Å². The normalized spacial score (nSPS) is 10.4. The monoisotopic (exact) mass is 433 g/mol. The molecule has 1 N–H and O–H groups in total. The van der Waals surface area contributed by atoms with E-state index in [-0.39, 0.29) is 5.91 Å². The zero-order chi connectivity index (χ0) is 19.8. The molecule has 3 aromatic carbocycles. The van der Waals surface area contributed by atoms with Crippen molar-refractivity contribution in [2.45, 2.75) is 6.61 Å². The van der Waals surface area contributed by atoms with Crippen LogP contribution >= 0.6 is 15.9 Å². The quantitative estimate of drug-likeness (QED) is 0.453. The van der Waals surface area contributed by atoms with Crippen molar-refractivity contribution in [2.75, 3.05) is 0 Å². The Labute approximate surface area is 171 Å². The number of hydrogen-bond acceptors (Lipinski definition) is 4. The average molecular weight is 434 g/mol. The smallest absolute Gasteiger partial charge is 0.272 e. The maximum absolute atomic E-state index is 12.1. The molecule has 5 nitrogen and oxygen atoms in total. The maximum atomic E-state index is 12.1. The first-order valence-electron chi connectivity index (χ1n) is 8.45. The summed E-state index contributed by atoms with van der Waals surface area (Å²) >= 11 is 3.34. The zero-order valence-corrected chi connectivity index (χ0v) is 16.4. The summed E-state index contributed by atoms with van der Waals surface area (Å²) in [7, 11) is 0. The summed E-state index contributed by atoms with van der Waals surface area (Å²) < 4.78 is 6.44. The number of hydrazone groups is 1. The molecule has 0 radical (unpaired) electrons. The average Bonchev–Trinajstić information content (AvgIpc) is 2.73. The Morgan fingerprint density at radius 3 is 2.64 bits per heavy atom. The summed E-state index contributed by atoms with van der Waals surface area (Å²) in [6, 6.07) is 23.9. The molecule has 3 rings (SSSR count). The highest BCUT2D eigenvalue weighted by atomic mass is 79.9. The van der Waals surface area contributed by atoms with Gasteiger partial charge in [-0.15, -0.1) is 0 Å². The molecule has 0 aliphatic carbocycles. The van der Waals surface area contributed by atoms with E-state index in [4.69, 9.17) is 10.00 Å². The lowest BCUT2D eigenvalue weighted by Crippen LogP contribution is -2.18. The zero-order valence-electron chi connectivity index (χ0n) is 14.8. The molecule has 3 aromatic rings. The first-order valence-corrected chi connectivity index (χ1v) is 9.25. The highest BCUT2D eigenvalue weighted by Crippen LogP contribution is 2.16. The van der Waals surface area contributed by atoms with E-state index in [0.29, 0.717) is 28.0 Å². The van der Waals surface area contributed by atoms with Gasteiger partial charge in [-0.1, -0.05) is 24.3 Å². The van der Waals surface area contributed by atoms with Crippen LogP contribution in [0.3, 0.4) is 0 Å². The molecule has 0 bridgehead atoms. The SMILES string of the molecule is N#Cc1cccc(COc2ccc(/C=N/NC(=O)c3ccccc3Br)cc2)c1. The largest absolute Gasteiger partial charge is 0.489 e. The van der Waals surface area contributed by atoms with E-state index in [1.165, 1.54) is 0 Å². The van der Waals surface area contributed by atoms with Crippen LogP contribution < -0.4 is 10.2 Å². The molecule has 0 saturated heterocycles. The molecule has 0 heterocycles. The number of amides is 1. The van der Waals surface area contributed by atoms with Gasteiger partial charge in [-0.2, -0.15) is 10.4 Å². The van der Waals surface area contributed by atoms with Crippen LogP contribution in [-0.4, -0.2) is 12.1 Å². The van der Waals surface area contributed by atoms with Crippen molar-refractivity contribution in [1.82, 2.24) is 5.43 Å². The van der Waals surface area contributed by atoms with Crippen molar-refractivity contribution in [1.29, 1.82) is 5.26 Å². The Bertz CT molecular complexity index is 1040. The first-order chi connectivity index (χ1) is 13.7. The molecule has 0 aromatic heterocycles. The summed E-state index contributed by atoms with van der Waals surface area (Å²) in [5, 5.41) is 12.9. The predicted octanol–water partition coefficient (Wildman–Crippen LogP) is 4.66. The van der Waals surface area contributed by atoms with Crippen molar-refractivity contribution in [3.8, 4) is 11.8 Å². The van der Waals surface area contributed by atoms with Crippen LogP contribution in [0.5, 0.6) is 5.75 Å². The number of hydrogen-bond donors (Lipinski definition) is 1. The molecule has 0 atom stereocenters. The number of rotatable bonds is 6. The maximum Gasteiger partial charge on any atom is 0.272 e. The van der Waals surface area contributed by atoms with Gasteiger partial charge in [0.1, 0.15) is 12.4 Å². The van der Waals surface area contributed by atoms with Crippen molar-refractivity contribution < 1.29 is 9.53 Å². The van der Waals surface area contributed by atoms with Gasteiger partial charge >= 0.3 is 0 Å². The second-order valence-electron chi connectivity index (χ2n) is 5.85. The molecule has 28 heavy (non-hydrogen) atoms. The highest BCUT2D eigenvalue weighted by Gasteiger charge is 2.07. The van der Waals surface area contributed by atoms with E-state index in [9.17, 15) is 4.79 Å². The molecule has 0 unspecified atom stereocenters. The second-order valence-corrected chi connectivity index (χ2v) is 6.70. The molecule has 1 amide bonds.